The van der Waals surface area contributed by atoms with Crippen molar-refractivity contribution in [3.63, 3.8) is 0 Å². The maximum absolute atomic E-state index is 11.1. The van der Waals surface area contributed by atoms with Gasteiger partial charge >= 0.3 is 5.63 Å². The second kappa shape index (κ2) is 2.73. The zero-order chi connectivity index (χ0) is 10.3. The van der Waals surface area contributed by atoms with Gasteiger partial charge in [-0.05, 0) is 19.1 Å². The molecule has 0 aliphatic heterocycles. The minimum Gasteiger partial charge on any atom is -0.504 e. The lowest BCUT2D eigenvalue weighted by Gasteiger charge is -2.01. The van der Waals surface area contributed by atoms with Gasteiger partial charge in [0.15, 0.2) is 22.5 Å². The fraction of sp³-hybridized carbons (Fsp3) is 0.111. The summed E-state index contributed by atoms with van der Waals surface area (Å²) in [6, 6.07) is 3.25. The van der Waals surface area contributed by atoms with Crippen molar-refractivity contribution in [3.8, 4) is 5.75 Å². The molecule has 2 heterocycles. The van der Waals surface area contributed by atoms with Crippen molar-refractivity contribution in [2.45, 2.75) is 6.92 Å². The van der Waals surface area contributed by atoms with Crippen LogP contribution in [0.15, 0.2) is 21.3 Å². The number of hydrogen-bond donors (Lipinski definition) is 2. The first-order valence-electron chi connectivity index (χ1n) is 3.98. The summed E-state index contributed by atoms with van der Waals surface area (Å²) in [6.45, 7) is 1.76. The van der Waals surface area contributed by atoms with E-state index in [9.17, 15) is 9.90 Å². The van der Waals surface area contributed by atoms with E-state index >= 15 is 0 Å². The molecule has 5 heteroatoms. The molecule has 0 amide bonds. The molecule has 3 N–H and O–H groups in total. The summed E-state index contributed by atoms with van der Waals surface area (Å²) < 4.78 is 4.83. The third-order valence-corrected chi connectivity index (χ3v) is 1.90. The van der Waals surface area contributed by atoms with E-state index in [0.29, 0.717) is 5.69 Å². The van der Waals surface area contributed by atoms with E-state index in [-0.39, 0.29) is 22.5 Å². The molecule has 0 fully saturated rings. The molecule has 2 aromatic heterocycles. The van der Waals surface area contributed by atoms with Gasteiger partial charge in [0, 0.05) is 5.69 Å². The molecule has 0 bridgehead atoms. The van der Waals surface area contributed by atoms with Crippen LogP contribution in [-0.2, 0) is 0 Å². The second-order valence-corrected chi connectivity index (χ2v) is 2.95. The van der Waals surface area contributed by atoms with Crippen LogP contribution in [0.5, 0.6) is 5.75 Å². The molecule has 5 nitrogen and oxygen atoms in total. The fourth-order valence-corrected chi connectivity index (χ4v) is 1.18. The van der Waals surface area contributed by atoms with Crippen molar-refractivity contribution in [2.75, 3.05) is 5.73 Å². The molecule has 0 unspecified atom stereocenters. The van der Waals surface area contributed by atoms with Crippen molar-refractivity contribution in [1.82, 2.24) is 4.98 Å². The lowest BCUT2D eigenvalue weighted by atomic mass is 10.3. The maximum atomic E-state index is 11.1. The van der Waals surface area contributed by atoms with Crippen LogP contribution in [0.2, 0.25) is 0 Å². The lowest BCUT2D eigenvalue weighted by Crippen LogP contribution is -2.07. The van der Waals surface area contributed by atoms with Crippen LogP contribution in [-0.4, -0.2) is 10.1 Å². The Bertz CT molecular complexity index is 560. The Morgan fingerprint density at radius 2 is 2.21 bits per heavy atom. The van der Waals surface area contributed by atoms with Gasteiger partial charge in [0.05, 0.1) is 0 Å². The third-order valence-electron chi connectivity index (χ3n) is 1.90. The Kier molecular flexibility index (Phi) is 1.67. The zero-order valence-corrected chi connectivity index (χ0v) is 7.44. The molecule has 0 atom stereocenters. The highest BCUT2D eigenvalue weighted by molar-refractivity contribution is 5.83. The van der Waals surface area contributed by atoms with Crippen molar-refractivity contribution in [2.24, 2.45) is 0 Å². The average Bonchev–Trinajstić information content (AvgIpc) is 2.16. The van der Waals surface area contributed by atoms with Gasteiger partial charge in [0.1, 0.15) is 0 Å². The number of aromatic nitrogens is 1. The standard InChI is InChI=1S/C9H8N2O3/c1-4-2-3-5-7(11-4)8(12)6(10)9(13)14-5/h2-3,12H,10H2,1H3. The molecule has 0 aliphatic carbocycles. The summed E-state index contributed by atoms with van der Waals surface area (Å²) in [7, 11) is 0. The molecular weight excluding hydrogens is 184 g/mol. The van der Waals surface area contributed by atoms with Gasteiger partial charge in [-0.3, -0.25) is 0 Å². The largest absolute Gasteiger partial charge is 0.504 e. The summed E-state index contributed by atoms with van der Waals surface area (Å²) in [4.78, 5) is 15.1. The van der Waals surface area contributed by atoms with E-state index < -0.39 is 5.63 Å². The number of aromatic hydroxyl groups is 1. The summed E-state index contributed by atoms with van der Waals surface area (Å²) in [6.07, 6.45) is 0. The molecule has 0 aliphatic rings. The number of pyridine rings is 1. The quantitative estimate of drug-likeness (QED) is 0.643. The van der Waals surface area contributed by atoms with E-state index in [1.54, 1.807) is 19.1 Å². The van der Waals surface area contributed by atoms with Crippen molar-refractivity contribution in [3.05, 3.63) is 28.2 Å². The third kappa shape index (κ3) is 1.10. The molecule has 72 valence electrons. The first-order valence-corrected chi connectivity index (χ1v) is 3.98. The van der Waals surface area contributed by atoms with Crippen molar-refractivity contribution < 1.29 is 9.52 Å². The molecule has 2 aromatic rings. The monoisotopic (exact) mass is 192 g/mol. The smallest absolute Gasteiger partial charge is 0.363 e. The number of hydrogen-bond acceptors (Lipinski definition) is 5. The first kappa shape index (κ1) is 8.55. The van der Waals surface area contributed by atoms with Gasteiger partial charge < -0.3 is 15.3 Å². The number of aryl methyl sites for hydroxylation is 1. The van der Waals surface area contributed by atoms with Gasteiger partial charge in [-0.25, -0.2) is 9.78 Å². The van der Waals surface area contributed by atoms with E-state index in [4.69, 9.17) is 10.2 Å². The van der Waals surface area contributed by atoms with Crippen LogP contribution in [0, 0.1) is 6.92 Å². The molecule has 0 radical (unpaired) electrons. The molecular formula is C9H8N2O3. The molecule has 0 saturated heterocycles. The predicted molar refractivity (Wildman–Crippen MR) is 51.1 cm³/mol. The second-order valence-electron chi connectivity index (χ2n) is 2.95. The van der Waals surface area contributed by atoms with Gasteiger partial charge in [-0.15, -0.1) is 0 Å². The zero-order valence-electron chi connectivity index (χ0n) is 7.44. The van der Waals surface area contributed by atoms with Crippen LogP contribution >= 0.6 is 0 Å². The molecule has 0 spiro atoms. The highest BCUT2D eigenvalue weighted by atomic mass is 16.4. The van der Waals surface area contributed by atoms with Gasteiger partial charge in [0.2, 0.25) is 0 Å². The van der Waals surface area contributed by atoms with Crippen molar-refractivity contribution in [1.29, 1.82) is 0 Å². The Hall–Kier alpha value is -2.04. The van der Waals surface area contributed by atoms with E-state index in [1.165, 1.54) is 0 Å². The minimum absolute atomic E-state index is 0.210. The average molecular weight is 192 g/mol. The summed E-state index contributed by atoms with van der Waals surface area (Å²) in [5, 5.41) is 9.52. The number of anilines is 1. The highest BCUT2D eigenvalue weighted by Gasteiger charge is 2.11. The van der Waals surface area contributed by atoms with Gasteiger partial charge in [0.25, 0.3) is 0 Å². The van der Waals surface area contributed by atoms with E-state index in [2.05, 4.69) is 4.98 Å². The summed E-state index contributed by atoms with van der Waals surface area (Å²) in [5.74, 6) is -0.319. The Morgan fingerprint density at radius 3 is 2.93 bits per heavy atom. The number of nitrogen functional groups attached to an aromatic ring is 1. The molecule has 2 rings (SSSR count). The fourth-order valence-electron chi connectivity index (χ4n) is 1.18. The van der Waals surface area contributed by atoms with Crippen molar-refractivity contribution >= 4 is 16.8 Å². The van der Waals surface area contributed by atoms with E-state index in [1.807, 2.05) is 0 Å². The van der Waals surface area contributed by atoms with Gasteiger partial charge in [-0.2, -0.15) is 0 Å². The Morgan fingerprint density at radius 1 is 1.50 bits per heavy atom. The maximum Gasteiger partial charge on any atom is 0.363 e. The van der Waals surface area contributed by atoms with E-state index in [0.717, 1.165) is 0 Å². The van der Waals surface area contributed by atoms with Crippen LogP contribution in [0.1, 0.15) is 5.69 Å². The number of fused-ring (bicyclic) bond motifs is 1. The first-order chi connectivity index (χ1) is 6.59. The lowest BCUT2D eigenvalue weighted by molar-refractivity contribution is 0.470. The Balaban J connectivity index is 2.99. The number of nitrogens with zero attached hydrogens (tertiary/aromatic N) is 1. The van der Waals surface area contributed by atoms with Crippen LogP contribution in [0.4, 0.5) is 5.69 Å². The molecule has 0 aromatic carbocycles. The van der Waals surface area contributed by atoms with Crippen LogP contribution in [0.3, 0.4) is 0 Å². The minimum atomic E-state index is -0.749. The van der Waals surface area contributed by atoms with Crippen LogP contribution in [0.25, 0.3) is 11.1 Å². The van der Waals surface area contributed by atoms with Crippen LogP contribution < -0.4 is 11.4 Å². The molecule has 0 saturated carbocycles. The normalized spacial score (nSPS) is 10.6. The summed E-state index contributed by atoms with van der Waals surface area (Å²) in [5.41, 5.74) is 5.39. The predicted octanol–water partition coefficient (Wildman–Crippen LogP) is 0.784. The van der Waals surface area contributed by atoms with Gasteiger partial charge in [-0.1, -0.05) is 0 Å². The SMILES string of the molecule is Cc1ccc2oc(=O)c(N)c(O)c2n1. The number of rotatable bonds is 0. The highest BCUT2D eigenvalue weighted by Crippen LogP contribution is 2.25. The topological polar surface area (TPSA) is 89.4 Å². The molecule has 14 heavy (non-hydrogen) atoms. The Labute approximate surface area is 78.8 Å². The number of nitrogens with two attached hydrogens (primary N) is 1. The summed E-state index contributed by atoms with van der Waals surface area (Å²) >= 11 is 0.